The van der Waals surface area contributed by atoms with Crippen molar-refractivity contribution in [3.05, 3.63) is 62.6 Å². The zero-order chi connectivity index (χ0) is 16.5. The fourth-order valence-electron chi connectivity index (χ4n) is 1.66. The predicted molar refractivity (Wildman–Crippen MR) is 80.9 cm³/mol. The first-order valence-corrected chi connectivity index (χ1v) is 6.95. The Balaban J connectivity index is 2.27. The molecule has 0 unspecified atom stereocenters. The summed E-state index contributed by atoms with van der Waals surface area (Å²) in [6.07, 6.45) is -4.61. The summed E-state index contributed by atoms with van der Waals surface area (Å²) in [5.41, 5.74) is -0.896. The first-order chi connectivity index (χ1) is 10.2. The molecule has 2 aromatic rings. The van der Waals surface area contributed by atoms with Crippen molar-refractivity contribution in [2.24, 2.45) is 0 Å². The van der Waals surface area contributed by atoms with Gasteiger partial charge in [0.15, 0.2) is 0 Å². The molecule has 22 heavy (non-hydrogen) atoms. The van der Waals surface area contributed by atoms with E-state index >= 15 is 0 Å². The molecule has 0 aromatic heterocycles. The highest BCUT2D eigenvalue weighted by Gasteiger charge is 2.33. The minimum absolute atomic E-state index is 0.0344. The third-order valence-electron chi connectivity index (χ3n) is 2.71. The highest BCUT2D eigenvalue weighted by atomic mass is 35.5. The quantitative estimate of drug-likeness (QED) is 0.700. The Morgan fingerprint density at radius 3 is 2.14 bits per heavy atom. The first-order valence-electron chi connectivity index (χ1n) is 5.81. The van der Waals surface area contributed by atoms with Crippen LogP contribution in [-0.4, -0.2) is 5.91 Å². The molecule has 0 atom stereocenters. The Hall–Kier alpha value is -1.43. The van der Waals surface area contributed by atoms with Gasteiger partial charge in [-0.25, -0.2) is 0 Å². The Bertz CT molecular complexity index is 732. The summed E-state index contributed by atoms with van der Waals surface area (Å²) < 4.78 is 38.3. The maximum Gasteiger partial charge on any atom is 0.417 e. The Morgan fingerprint density at radius 2 is 1.55 bits per heavy atom. The number of carbonyl (C=O) groups excluding carboxylic acids is 1. The zero-order valence-electron chi connectivity index (χ0n) is 10.6. The summed E-state index contributed by atoms with van der Waals surface area (Å²) in [6, 6.07) is 7.24. The number of halogens is 6. The van der Waals surface area contributed by atoms with E-state index in [-0.39, 0.29) is 21.3 Å². The van der Waals surface area contributed by atoms with Crippen LogP contribution in [0.5, 0.6) is 0 Å². The first kappa shape index (κ1) is 16.9. The molecular formula is C14H7Cl3F3NO. The van der Waals surface area contributed by atoms with E-state index in [1.807, 2.05) is 0 Å². The second-order valence-electron chi connectivity index (χ2n) is 4.28. The van der Waals surface area contributed by atoms with Crippen LogP contribution < -0.4 is 5.32 Å². The van der Waals surface area contributed by atoms with Crippen LogP contribution in [0.2, 0.25) is 15.1 Å². The number of alkyl halides is 3. The number of rotatable bonds is 2. The van der Waals surface area contributed by atoms with Gasteiger partial charge in [0, 0.05) is 11.3 Å². The van der Waals surface area contributed by atoms with Gasteiger partial charge in [0.05, 0.1) is 20.6 Å². The van der Waals surface area contributed by atoms with Crippen LogP contribution in [0.15, 0.2) is 36.4 Å². The van der Waals surface area contributed by atoms with Gasteiger partial charge in [0.1, 0.15) is 0 Å². The van der Waals surface area contributed by atoms with Crippen LogP contribution in [-0.2, 0) is 6.18 Å². The monoisotopic (exact) mass is 367 g/mol. The molecule has 0 saturated carbocycles. The minimum Gasteiger partial charge on any atom is -0.322 e. The molecule has 0 aliphatic rings. The number of nitrogens with one attached hydrogen (secondary N) is 1. The number of benzene rings is 2. The molecule has 8 heteroatoms. The van der Waals surface area contributed by atoms with Gasteiger partial charge in [-0.15, -0.1) is 0 Å². The average molecular weight is 369 g/mol. The molecule has 0 saturated heterocycles. The Labute approximate surface area is 138 Å². The molecule has 0 radical (unpaired) electrons. The highest BCUT2D eigenvalue weighted by Crippen LogP contribution is 2.36. The van der Waals surface area contributed by atoms with Gasteiger partial charge in [-0.05, 0) is 36.4 Å². The van der Waals surface area contributed by atoms with Crippen LogP contribution in [0.25, 0.3) is 0 Å². The standard InChI is InChI=1S/C14H7Cl3F3NO/c15-10-4-2-8(6-9(10)14(18,19)20)21-13(22)7-1-3-11(16)12(17)5-7/h1-6H,(H,21,22). The zero-order valence-corrected chi connectivity index (χ0v) is 12.9. The van der Waals surface area contributed by atoms with Crippen molar-refractivity contribution in [3.8, 4) is 0 Å². The number of hydrogen-bond acceptors (Lipinski definition) is 1. The van der Waals surface area contributed by atoms with Gasteiger partial charge < -0.3 is 5.32 Å². The van der Waals surface area contributed by atoms with Crippen molar-refractivity contribution in [2.45, 2.75) is 6.18 Å². The predicted octanol–water partition coefficient (Wildman–Crippen LogP) is 5.92. The van der Waals surface area contributed by atoms with E-state index in [0.29, 0.717) is 0 Å². The van der Waals surface area contributed by atoms with Crippen molar-refractivity contribution >= 4 is 46.4 Å². The number of hydrogen-bond donors (Lipinski definition) is 1. The summed E-state index contributed by atoms with van der Waals surface area (Å²) in [5.74, 6) is -0.617. The van der Waals surface area contributed by atoms with E-state index in [0.717, 1.165) is 12.1 Å². The second kappa shape index (κ2) is 6.36. The van der Waals surface area contributed by atoms with E-state index < -0.39 is 22.7 Å². The van der Waals surface area contributed by atoms with Crippen molar-refractivity contribution in [1.29, 1.82) is 0 Å². The number of carbonyl (C=O) groups is 1. The number of anilines is 1. The second-order valence-corrected chi connectivity index (χ2v) is 5.50. The summed E-state index contributed by atoms with van der Waals surface area (Å²) in [6.45, 7) is 0. The summed E-state index contributed by atoms with van der Waals surface area (Å²) in [7, 11) is 0. The Kier molecular flexibility index (Phi) is 4.90. The van der Waals surface area contributed by atoms with Crippen molar-refractivity contribution in [2.75, 3.05) is 5.32 Å². The smallest absolute Gasteiger partial charge is 0.322 e. The minimum atomic E-state index is -4.61. The van der Waals surface area contributed by atoms with Gasteiger partial charge in [-0.3, -0.25) is 4.79 Å². The maximum absolute atomic E-state index is 12.8. The normalized spacial score (nSPS) is 11.4. The largest absolute Gasteiger partial charge is 0.417 e. The van der Waals surface area contributed by atoms with E-state index in [2.05, 4.69) is 5.32 Å². The van der Waals surface area contributed by atoms with Gasteiger partial charge in [-0.1, -0.05) is 34.8 Å². The fraction of sp³-hybridized carbons (Fsp3) is 0.0714. The molecule has 0 spiro atoms. The van der Waals surface area contributed by atoms with E-state index in [1.165, 1.54) is 24.3 Å². The molecule has 1 N–H and O–H groups in total. The van der Waals surface area contributed by atoms with Crippen LogP contribution in [0, 0.1) is 0 Å². The van der Waals surface area contributed by atoms with Crippen molar-refractivity contribution in [1.82, 2.24) is 0 Å². The van der Waals surface area contributed by atoms with Gasteiger partial charge in [0.25, 0.3) is 5.91 Å². The third-order valence-corrected chi connectivity index (χ3v) is 3.78. The van der Waals surface area contributed by atoms with Crippen LogP contribution in [0.4, 0.5) is 18.9 Å². The summed E-state index contributed by atoms with van der Waals surface area (Å²) in [5, 5.41) is 2.34. The molecular weight excluding hydrogens is 362 g/mol. The Morgan fingerprint density at radius 1 is 0.909 bits per heavy atom. The van der Waals surface area contributed by atoms with Crippen LogP contribution in [0.1, 0.15) is 15.9 Å². The van der Waals surface area contributed by atoms with Gasteiger partial charge in [-0.2, -0.15) is 13.2 Å². The molecule has 0 aliphatic carbocycles. The van der Waals surface area contributed by atoms with Crippen molar-refractivity contribution < 1.29 is 18.0 Å². The van der Waals surface area contributed by atoms with Gasteiger partial charge in [0.2, 0.25) is 0 Å². The topological polar surface area (TPSA) is 29.1 Å². The molecule has 1 amide bonds. The highest BCUT2D eigenvalue weighted by molar-refractivity contribution is 6.42. The van der Waals surface area contributed by atoms with Crippen LogP contribution >= 0.6 is 34.8 Å². The lowest BCUT2D eigenvalue weighted by Crippen LogP contribution is -2.13. The molecule has 2 aromatic carbocycles. The molecule has 0 fully saturated rings. The molecule has 0 aliphatic heterocycles. The molecule has 2 rings (SSSR count). The summed E-state index contributed by atoms with van der Waals surface area (Å²) in [4.78, 5) is 12.0. The number of amides is 1. The fourth-order valence-corrected chi connectivity index (χ4v) is 2.18. The van der Waals surface area contributed by atoms with E-state index in [9.17, 15) is 18.0 Å². The van der Waals surface area contributed by atoms with Gasteiger partial charge >= 0.3 is 6.18 Å². The maximum atomic E-state index is 12.8. The van der Waals surface area contributed by atoms with Crippen LogP contribution in [0.3, 0.4) is 0 Å². The molecule has 2 nitrogen and oxygen atoms in total. The summed E-state index contributed by atoms with van der Waals surface area (Å²) >= 11 is 17.0. The lowest BCUT2D eigenvalue weighted by atomic mass is 10.1. The lowest BCUT2D eigenvalue weighted by Gasteiger charge is -2.12. The third kappa shape index (κ3) is 3.85. The molecule has 0 heterocycles. The molecule has 0 bridgehead atoms. The average Bonchev–Trinajstić information content (AvgIpc) is 2.42. The lowest BCUT2D eigenvalue weighted by molar-refractivity contribution is -0.137. The molecule has 116 valence electrons. The van der Waals surface area contributed by atoms with E-state index in [4.69, 9.17) is 34.8 Å². The van der Waals surface area contributed by atoms with Crippen molar-refractivity contribution in [3.63, 3.8) is 0 Å². The SMILES string of the molecule is O=C(Nc1ccc(Cl)c(C(F)(F)F)c1)c1ccc(Cl)c(Cl)c1. The van der Waals surface area contributed by atoms with E-state index in [1.54, 1.807) is 0 Å².